The van der Waals surface area contributed by atoms with Gasteiger partial charge in [0.1, 0.15) is 0 Å². The minimum atomic E-state index is -1.05. The van der Waals surface area contributed by atoms with E-state index < -0.39 is 12.1 Å². The second-order valence-electron chi connectivity index (χ2n) is 5.78. The first kappa shape index (κ1) is 19.3. The lowest BCUT2D eigenvalue weighted by molar-refractivity contribution is 0.0280. The molecule has 0 aliphatic carbocycles. The summed E-state index contributed by atoms with van der Waals surface area (Å²) in [5, 5.41) is 0. The van der Waals surface area contributed by atoms with Gasteiger partial charge in [-0.25, -0.2) is 4.79 Å². The number of esters is 1. The topological polar surface area (TPSA) is 69.4 Å². The third-order valence-electron chi connectivity index (χ3n) is 3.94. The van der Waals surface area contributed by atoms with Crippen molar-refractivity contribution in [1.29, 1.82) is 0 Å². The van der Waals surface area contributed by atoms with Crippen molar-refractivity contribution in [3.05, 3.63) is 98.4 Å². The highest BCUT2D eigenvalue weighted by atomic mass is 79.9. The van der Waals surface area contributed by atoms with E-state index in [1.807, 2.05) is 12.1 Å². The minimum Gasteiger partial charge on any atom is -0.445 e. The average molecular weight is 489 g/mol. The van der Waals surface area contributed by atoms with Crippen molar-refractivity contribution in [3.8, 4) is 0 Å². The highest BCUT2D eigenvalue weighted by Crippen LogP contribution is 2.31. The molecule has 0 saturated heterocycles. The van der Waals surface area contributed by atoms with Gasteiger partial charge in [0.2, 0.25) is 5.78 Å². The normalized spacial score (nSPS) is 11.6. The first-order valence-electron chi connectivity index (χ1n) is 8.07. The van der Waals surface area contributed by atoms with E-state index in [0.29, 0.717) is 25.8 Å². The van der Waals surface area contributed by atoms with Crippen molar-refractivity contribution < 1.29 is 14.3 Å². The number of Topliss-reactive ketones (excluding diaryl/α,β-unsaturated/α-hetero) is 1. The first-order valence-corrected chi connectivity index (χ1v) is 9.65. The summed E-state index contributed by atoms with van der Waals surface area (Å²) >= 11 is 6.62. The molecule has 0 fully saturated rings. The van der Waals surface area contributed by atoms with Gasteiger partial charge >= 0.3 is 5.97 Å². The molecule has 4 nitrogen and oxygen atoms in total. The van der Waals surface area contributed by atoms with Crippen molar-refractivity contribution in [2.75, 3.05) is 5.73 Å². The molecule has 0 aromatic heterocycles. The maximum absolute atomic E-state index is 13.0. The maximum Gasteiger partial charge on any atom is 0.339 e. The Morgan fingerprint density at radius 1 is 0.815 bits per heavy atom. The number of ketones is 1. The number of hydrogen-bond donors (Lipinski definition) is 1. The summed E-state index contributed by atoms with van der Waals surface area (Å²) in [5.41, 5.74) is 7.70. The predicted molar refractivity (Wildman–Crippen MR) is 112 cm³/mol. The lowest BCUT2D eigenvalue weighted by Crippen LogP contribution is -2.20. The van der Waals surface area contributed by atoms with Crippen LogP contribution in [0.2, 0.25) is 0 Å². The number of rotatable bonds is 5. The number of nitrogen functional groups attached to an aromatic ring is 1. The van der Waals surface area contributed by atoms with Crippen LogP contribution in [0.4, 0.5) is 5.69 Å². The number of carbonyl (C=O) groups excluding carboxylic acids is 2. The third-order valence-corrected chi connectivity index (χ3v) is 5.25. The summed E-state index contributed by atoms with van der Waals surface area (Å²) in [6.07, 6.45) is -1.05. The molecule has 0 bridgehead atoms. The van der Waals surface area contributed by atoms with Crippen molar-refractivity contribution in [1.82, 2.24) is 0 Å². The summed E-state index contributed by atoms with van der Waals surface area (Å²) in [6, 6.07) is 20.8. The summed E-state index contributed by atoms with van der Waals surface area (Å²) < 4.78 is 6.75. The Labute approximate surface area is 173 Å². The highest BCUT2D eigenvalue weighted by Gasteiger charge is 2.27. The van der Waals surface area contributed by atoms with Gasteiger partial charge in [-0.05, 0) is 44.0 Å². The van der Waals surface area contributed by atoms with Crippen LogP contribution in [0.3, 0.4) is 0 Å². The van der Waals surface area contributed by atoms with E-state index in [1.54, 1.807) is 60.7 Å². The zero-order chi connectivity index (χ0) is 19.4. The quantitative estimate of drug-likeness (QED) is 0.289. The Balaban J connectivity index is 1.94. The minimum absolute atomic E-state index is 0.282. The number of hydrogen-bond acceptors (Lipinski definition) is 4. The van der Waals surface area contributed by atoms with E-state index >= 15 is 0 Å². The fourth-order valence-electron chi connectivity index (χ4n) is 2.53. The largest absolute Gasteiger partial charge is 0.445 e. The summed E-state index contributed by atoms with van der Waals surface area (Å²) in [5.74, 6) is -0.904. The van der Waals surface area contributed by atoms with Crippen molar-refractivity contribution in [2.24, 2.45) is 0 Å². The van der Waals surface area contributed by atoms with Gasteiger partial charge in [0, 0.05) is 20.1 Å². The van der Waals surface area contributed by atoms with Crippen molar-refractivity contribution in [3.63, 3.8) is 0 Å². The Hall–Kier alpha value is -2.44. The fourth-order valence-corrected chi connectivity index (χ4v) is 3.72. The fraction of sp³-hybridized carbons (Fsp3) is 0.0476. The predicted octanol–water partition coefficient (Wildman–Crippen LogP) is 5.57. The molecule has 0 heterocycles. The molecule has 27 heavy (non-hydrogen) atoms. The third kappa shape index (κ3) is 4.46. The van der Waals surface area contributed by atoms with Crippen LogP contribution in [0, 0.1) is 0 Å². The van der Waals surface area contributed by atoms with Crippen LogP contribution in [0.25, 0.3) is 0 Å². The van der Waals surface area contributed by atoms with Crippen LogP contribution < -0.4 is 5.73 Å². The van der Waals surface area contributed by atoms with Crippen LogP contribution >= 0.6 is 31.9 Å². The molecule has 0 aliphatic rings. The number of ether oxygens (including phenoxy) is 1. The number of halogens is 2. The molecule has 0 radical (unpaired) electrons. The van der Waals surface area contributed by atoms with Crippen LogP contribution in [0.5, 0.6) is 0 Å². The lowest BCUT2D eigenvalue weighted by atomic mass is 10.00. The zero-order valence-corrected chi connectivity index (χ0v) is 17.2. The van der Waals surface area contributed by atoms with Gasteiger partial charge in [0.25, 0.3) is 0 Å². The lowest BCUT2D eigenvalue weighted by Gasteiger charge is -2.18. The molecule has 0 spiro atoms. The van der Waals surface area contributed by atoms with Gasteiger partial charge in [-0.2, -0.15) is 0 Å². The molecular weight excluding hydrogens is 474 g/mol. The van der Waals surface area contributed by atoms with Crippen LogP contribution in [0.1, 0.15) is 32.4 Å². The maximum atomic E-state index is 13.0. The van der Waals surface area contributed by atoms with Crippen molar-refractivity contribution in [2.45, 2.75) is 6.10 Å². The molecule has 0 aliphatic heterocycles. The monoisotopic (exact) mass is 487 g/mol. The van der Waals surface area contributed by atoms with E-state index in [1.165, 1.54) is 0 Å². The number of nitrogens with two attached hydrogens (primary N) is 1. The standard InChI is InChI=1S/C21H15Br2NO3/c22-16-11-15(12-17(23)18(16)24)21(26)27-20(14-9-5-2-6-10-14)19(25)13-7-3-1-4-8-13/h1-12,20H,24H2. The highest BCUT2D eigenvalue weighted by molar-refractivity contribution is 9.11. The molecule has 136 valence electrons. The Bertz CT molecular complexity index is 952. The molecule has 3 aromatic carbocycles. The molecule has 1 atom stereocenters. The second-order valence-corrected chi connectivity index (χ2v) is 7.49. The molecular formula is C21H15Br2NO3. The SMILES string of the molecule is Nc1c(Br)cc(C(=O)OC(C(=O)c2ccccc2)c2ccccc2)cc1Br. The smallest absolute Gasteiger partial charge is 0.339 e. The van der Waals surface area contributed by atoms with E-state index in [9.17, 15) is 9.59 Å². The van der Waals surface area contributed by atoms with Gasteiger partial charge in [-0.3, -0.25) is 4.79 Å². The van der Waals surface area contributed by atoms with Crippen molar-refractivity contribution >= 4 is 49.3 Å². The van der Waals surface area contributed by atoms with E-state index in [-0.39, 0.29) is 11.3 Å². The van der Waals surface area contributed by atoms with Gasteiger partial charge < -0.3 is 10.5 Å². The Kier molecular flexibility index (Phi) is 6.08. The molecule has 2 N–H and O–H groups in total. The molecule has 1 unspecified atom stereocenters. The van der Waals surface area contributed by atoms with Crippen LogP contribution in [-0.4, -0.2) is 11.8 Å². The van der Waals surface area contributed by atoms with Crippen LogP contribution in [0.15, 0.2) is 81.7 Å². The van der Waals surface area contributed by atoms with E-state index in [2.05, 4.69) is 31.9 Å². The van der Waals surface area contributed by atoms with Gasteiger partial charge in [-0.15, -0.1) is 0 Å². The number of anilines is 1. The number of carbonyl (C=O) groups is 2. The molecule has 0 saturated carbocycles. The Morgan fingerprint density at radius 2 is 1.33 bits per heavy atom. The van der Waals surface area contributed by atoms with Crippen LogP contribution in [-0.2, 0) is 4.74 Å². The average Bonchev–Trinajstić information content (AvgIpc) is 2.70. The summed E-state index contributed by atoms with van der Waals surface area (Å²) in [7, 11) is 0. The summed E-state index contributed by atoms with van der Waals surface area (Å²) in [6.45, 7) is 0. The Morgan fingerprint density at radius 3 is 1.89 bits per heavy atom. The first-order chi connectivity index (χ1) is 13.0. The van der Waals surface area contributed by atoms with Gasteiger partial charge in [0.05, 0.1) is 11.3 Å². The second kappa shape index (κ2) is 8.50. The molecule has 3 rings (SSSR count). The summed E-state index contributed by atoms with van der Waals surface area (Å²) in [4.78, 5) is 25.7. The van der Waals surface area contributed by atoms with E-state index in [0.717, 1.165) is 0 Å². The van der Waals surface area contributed by atoms with Gasteiger partial charge in [-0.1, -0.05) is 60.7 Å². The molecule has 3 aromatic rings. The van der Waals surface area contributed by atoms with Gasteiger partial charge in [0.15, 0.2) is 6.10 Å². The van der Waals surface area contributed by atoms with E-state index in [4.69, 9.17) is 10.5 Å². The zero-order valence-electron chi connectivity index (χ0n) is 14.1. The molecule has 0 amide bonds. The number of benzene rings is 3. The molecule has 6 heteroatoms.